The molecule has 238 valence electrons. The number of fused-ring (bicyclic) bond motifs is 4. The number of nitrogens with zero attached hydrogens (tertiary/aromatic N) is 3. The first-order valence-corrected chi connectivity index (χ1v) is 14.5. The van der Waals surface area contributed by atoms with Crippen molar-refractivity contribution < 1.29 is 48.6 Å². The Morgan fingerprint density at radius 1 is 0.935 bits per heavy atom. The van der Waals surface area contributed by atoms with E-state index in [0.717, 1.165) is 11.3 Å². The molecule has 3 atom stereocenters. The number of methoxy groups -OCH3 is 3. The number of ether oxygens (including phenoxy) is 5. The second-order valence-corrected chi connectivity index (χ2v) is 11.0. The maximum Gasteiger partial charge on any atom is 0.337 e. The summed E-state index contributed by atoms with van der Waals surface area (Å²) < 4.78 is 28.7. The third-order valence-electron chi connectivity index (χ3n) is 8.63. The summed E-state index contributed by atoms with van der Waals surface area (Å²) in [6.07, 6.45) is 0. The third-order valence-corrected chi connectivity index (χ3v) is 8.63. The summed E-state index contributed by atoms with van der Waals surface area (Å²) in [6, 6.07) is 17.1. The lowest BCUT2D eigenvalue weighted by Gasteiger charge is -2.37. The van der Waals surface area contributed by atoms with Gasteiger partial charge >= 0.3 is 5.97 Å². The Labute approximate surface area is 263 Å². The number of aliphatic hydroxyl groups excluding tert-OH is 1. The van der Waals surface area contributed by atoms with Gasteiger partial charge in [-0.1, -0.05) is 0 Å². The van der Waals surface area contributed by atoms with Crippen LogP contribution in [0.15, 0.2) is 65.8 Å². The van der Waals surface area contributed by atoms with Gasteiger partial charge in [0.1, 0.15) is 5.75 Å². The highest BCUT2D eigenvalue weighted by atomic mass is 16.7. The van der Waals surface area contributed by atoms with Crippen molar-refractivity contribution in [2.75, 3.05) is 39.7 Å². The van der Waals surface area contributed by atoms with Gasteiger partial charge in [0, 0.05) is 35.1 Å². The molecule has 0 amide bonds. The first kappa shape index (κ1) is 29.2. The number of benzene rings is 3. The lowest BCUT2D eigenvalue weighted by molar-refractivity contribution is -0.152. The minimum atomic E-state index is -0.944. The molecule has 46 heavy (non-hydrogen) atoms. The number of hydrogen-bond acceptors (Lipinski definition) is 12. The van der Waals surface area contributed by atoms with E-state index in [1.807, 2.05) is 41.4 Å². The van der Waals surface area contributed by atoms with Crippen LogP contribution in [0.4, 0.5) is 5.69 Å². The minimum absolute atomic E-state index is 0.0411. The Bertz CT molecular complexity index is 1810. The predicted octanol–water partition coefficient (Wildman–Crippen LogP) is 3.40. The molecule has 3 N–H and O–H groups in total. The highest BCUT2D eigenvalue weighted by Gasteiger charge is 2.51. The molecule has 0 bridgehead atoms. The van der Waals surface area contributed by atoms with Crippen molar-refractivity contribution >= 4 is 17.4 Å². The zero-order valence-corrected chi connectivity index (χ0v) is 25.2. The van der Waals surface area contributed by atoms with Crippen LogP contribution in [0.5, 0.6) is 40.5 Å². The van der Waals surface area contributed by atoms with Gasteiger partial charge in [-0.05, 0) is 59.7 Å². The van der Waals surface area contributed by atoms with Crippen LogP contribution in [0.1, 0.15) is 28.2 Å². The van der Waals surface area contributed by atoms with Gasteiger partial charge in [-0.2, -0.15) is 5.10 Å². The Balaban J connectivity index is 1.43. The topological polar surface area (TPSA) is 154 Å². The molecule has 0 radical (unpaired) electrons. The van der Waals surface area contributed by atoms with Crippen molar-refractivity contribution in [3.63, 3.8) is 0 Å². The summed E-state index contributed by atoms with van der Waals surface area (Å²) in [4.78, 5) is 20.1. The van der Waals surface area contributed by atoms with E-state index >= 15 is 0 Å². The average molecular weight is 630 g/mol. The minimum Gasteiger partial charge on any atom is -0.497 e. The number of aromatic nitrogens is 1. The Morgan fingerprint density at radius 2 is 1.65 bits per heavy atom. The largest absolute Gasteiger partial charge is 0.497 e. The summed E-state index contributed by atoms with van der Waals surface area (Å²) in [7, 11) is 4.57. The van der Waals surface area contributed by atoms with Crippen LogP contribution in [-0.4, -0.2) is 66.4 Å². The van der Waals surface area contributed by atoms with Gasteiger partial charge < -0.3 is 43.8 Å². The Morgan fingerprint density at radius 3 is 2.30 bits per heavy atom. The maximum atomic E-state index is 14.4. The molecule has 13 nitrogen and oxygen atoms in total. The fourth-order valence-electron chi connectivity index (χ4n) is 6.53. The van der Waals surface area contributed by atoms with E-state index in [9.17, 15) is 20.1 Å². The molecule has 0 fully saturated rings. The van der Waals surface area contributed by atoms with Gasteiger partial charge in [0.25, 0.3) is 0 Å². The smallest absolute Gasteiger partial charge is 0.337 e. The van der Waals surface area contributed by atoms with E-state index in [1.54, 1.807) is 19.2 Å². The van der Waals surface area contributed by atoms with Gasteiger partial charge in [-0.3, -0.25) is 5.01 Å². The molecular weight excluding hydrogens is 598 g/mol. The molecule has 13 heteroatoms. The molecule has 1 aliphatic carbocycles. The average Bonchev–Trinajstić information content (AvgIpc) is 3.81. The molecule has 3 heterocycles. The van der Waals surface area contributed by atoms with E-state index in [0.29, 0.717) is 62.4 Å². The lowest BCUT2D eigenvalue weighted by Crippen LogP contribution is -2.44. The van der Waals surface area contributed by atoms with Gasteiger partial charge in [-0.15, -0.1) is 4.73 Å². The van der Waals surface area contributed by atoms with E-state index < -0.39 is 35.5 Å². The van der Waals surface area contributed by atoms with Crippen molar-refractivity contribution in [1.82, 2.24) is 4.73 Å². The van der Waals surface area contributed by atoms with Gasteiger partial charge in [0.05, 0.1) is 51.8 Å². The van der Waals surface area contributed by atoms with E-state index in [4.69, 9.17) is 33.6 Å². The van der Waals surface area contributed by atoms with Crippen molar-refractivity contribution in [2.24, 2.45) is 16.9 Å². The van der Waals surface area contributed by atoms with E-state index in [2.05, 4.69) is 0 Å². The summed E-state index contributed by atoms with van der Waals surface area (Å²) >= 11 is 0. The van der Waals surface area contributed by atoms with Crippen LogP contribution in [-0.2, 0) is 11.4 Å². The molecule has 0 unspecified atom stereocenters. The third kappa shape index (κ3) is 4.67. The highest BCUT2D eigenvalue weighted by molar-refractivity contribution is 6.10. The number of hydrogen-bond donors (Lipinski definition) is 3. The highest BCUT2D eigenvalue weighted by Crippen LogP contribution is 2.52. The lowest BCUT2D eigenvalue weighted by atomic mass is 9.65. The summed E-state index contributed by atoms with van der Waals surface area (Å²) in [5, 5.41) is 37.8. The van der Waals surface area contributed by atoms with Crippen molar-refractivity contribution in [2.45, 2.75) is 12.5 Å². The second kappa shape index (κ2) is 11.4. The number of aliphatic hydroxyl groups is 1. The molecule has 2 aliphatic heterocycles. The zero-order valence-electron chi connectivity index (χ0n) is 25.2. The molecular formula is C33H31N3O10. The van der Waals surface area contributed by atoms with Gasteiger partial charge in [0.15, 0.2) is 23.0 Å². The van der Waals surface area contributed by atoms with Crippen LogP contribution in [0.3, 0.4) is 0 Å². The molecule has 0 spiro atoms. The number of aromatic hydroxyl groups is 2. The van der Waals surface area contributed by atoms with Crippen LogP contribution >= 0.6 is 0 Å². The summed E-state index contributed by atoms with van der Waals surface area (Å²) in [5.41, 5.74) is 3.96. The molecule has 1 aromatic heterocycles. The number of rotatable bonds is 8. The maximum absolute atomic E-state index is 14.4. The van der Waals surface area contributed by atoms with Gasteiger partial charge in [0.2, 0.25) is 18.6 Å². The van der Waals surface area contributed by atoms with Crippen LogP contribution in [0.2, 0.25) is 0 Å². The standard InChI is InChI=1S/C33H31N3O10/c1-41-20-6-4-19(5-7-20)35-14-23-30(33(40)46-36-27(38)8-9-28(36)39)29(17-10-18(15-37)32(43-3)26(11-17)42-2)21-12-24-25(45-16-44-24)13-22(21)31(23)34-35/h4-13,23,29-30,37-39H,14-16H2,1-3H3/t23-,29+,30-/m0/s1. The van der Waals surface area contributed by atoms with E-state index in [1.165, 1.54) is 26.4 Å². The quantitative estimate of drug-likeness (QED) is 0.263. The van der Waals surface area contributed by atoms with Gasteiger partial charge in [-0.25, -0.2) is 4.79 Å². The number of anilines is 1. The van der Waals surface area contributed by atoms with E-state index in [-0.39, 0.29) is 13.4 Å². The first-order valence-electron chi connectivity index (χ1n) is 14.5. The van der Waals surface area contributed by atoms with Crippen LogP contribution < -0.4 is 33.5 Å². The monoisotopic (exact) mass is 629 g/mol. The second-order valence-electron chi connectivity index (χ2n) is 11.0. The fraction of sp³-hybridized carbons (Fsp3) is 0.273. The normalized spacial score (nSPS) is 19.3. The molecule has 4 aromatic rings. The number of carbonyl (C=O) groups is 1. The summed E-state index contributed by atoms with van der Waals surface area (Å²) in [6.45, 7) is -0.00918. The molecule has 7 rings (SSSR count). The summed E-state index contributed by atoms with van der Waals surface area (Å²) in [5.74, 6) is -1.32. The Hall–Kier alpha value is -5.56. The van der Waals surface area contributed by atoms with Crippen LogP contribution in [0.25, 0.3) is 0 Å². The van der Waals surface area contributed by atoms with Crippen LogP contribution in [0, 0.1) is 11.8 Å². The van der Waals surface area contributed by atoms with Crippen molar-refractivity contribution in [1.29, 1.82) is 0 Å². The number of hydrazone groups is 1. The molecule has 0 saturated carbocycles. The fourth-order valence-corrected chi connectivity index (χ4v) is 6.53. The zero-order chi connectivity index (χ0) is 32.1. The molecule has 3 aromatic carbocycles. The molecule has 3 aliphatic rings. The number of carbonyl (C=O) groups excluding carboxylic acids is 1. The predicted molar refractivity (Wildman–Crippen MR) is 163 cm³/mol. The van der Waals surface area contributed by atoms with Crippen molar-refractivity contribution in [3.05, 3.63) is 82.9 Å². The SMILES string of the molecule is COc1ccc(N2C[C@@H]3C(=N2)c2cc4c(cc2[C@@H](c2cc(CO)c(OC)c(OC)c2)[C@H]3C(=O)On2c(O)ccc2O)OCO4)cc1. The first-order chi connectivity index (χ1) is 22.3. The Kier molecular flexibility index (Phi) is 7.24. The molecule has 0 saturated heterocycles. The van der Waals surface area contributed by atoms with Crippen molar-refractivity contribution in [3.8, 4) is 40.5 Å².